The molecular weight excluding hydrogens is 360 g/mol. The first-order valence-corrected chi connectivity index (χ1v) is 8.73. The van der Waals surface area contributed by atoms with Gasteiger partial charge in [0.1, 0.15) is 22.7 Å². The molecule has 130 valence electrons. The van der Waals surface area contributed by atoms with E-state index in [4.69, 9.17) is 16.3 Å². The molecule has 0 fully saturated rings. The van der Waals surface area contributed by atoms with Crippen LogP contribution in [0.2, 0.25) is 5.02 Å². The van der Waals surface area contributed by atoms with Gasteiger partial charge in [0.05, 0.1) is 24.7 Å². The van der Waals surface area contributed by atoms with Crippen LogP contribution in [0.5, 0.6) is 5.75 Å². The number of carbonyl (C=O) groups excluding carboxylic acids is 1. The highest BCUT2D eigenvalue weighted by atomic mass is 35.5. The largest absolute Gasteiger partial charge is 0.495 e. The summed E-state index contributed by atoms with van der Waals surface area (Å²) in [6.45, 7) is 2.16. The van der Waals surface area contributed by atoms with Crippen molar-refractivity contribution >= 4 is 50.6 Å². The maximum absolute atomic E-state index is 12.4. The number of thiophene rings is 1. The van der Waals surface area contributed by atoms with Crippen molar-refractivity contribution in [2.24, 2.45) is 0 Å². The van der Waals surface area contributed by atoms with Crippen molar-refractivity contribution in [3.63, 3.8) is 0 Å². The van der Waals surface area contributed by atoms with Gasteiger partial charge < -0.3 is 15.0 Å². The summed E-state index contributed by atoms with van der Waals surface area (Å²) in [4.78, 5) is 24.9. The molecule has 0 radical (unpaired) electrons. The molecular formula is C17H17ClN4O2S. The Morgan fingerprint density at radius 3 is 2.92 bits per heavy atom. The molecule has 8 heteroatoms. The Bertz CT molecular complexity index is 928. The van der Waals surface area contributed by atoms with E-state index in [0.717, 1.165) is 20.9 Å². The average molecular weight is 377 g/mol. The van der Waals surface area contributed by atoms with Gasteiger partial charge in [0.15, 0.2) is 0 Å². The van der Waals surface area contributed by atoms with Gasteiger partial charge in [-0.15, -0.1) is 11.3 Å². The summed E-state index contributed by atoms with van der Waals surface area (Å²) in [5, 5.41) is 4.29. The van der Waals surface area contributed by atoms with Crippen molar-refractivity contribution in [2.45, 2.75) is 6.92 Å². The summed E-state index contributed by atoms with van der Waals surface area (Å²) in [5.41, 5.74) is 0.535. The van der Waals surface area contributed by atoms with Gasteiger partial charge in [0, 0.05) is 16.9 Å². The molecule has 0 saturated heterocycles. The monoisotopic (exact) mass is 376 g/mol. The first-order chi connectivity index (χ1) is 12.0. The van der Waals surface area contributed by atoms with Crippen LogP contribution < -0.4 is 15.0 Å². The molecule has 25 heavy (non-hydrogen) atoms. The van der Waals surface area contributed by atoms with Gasteiger partial charge in [-0.25, -0.2) is 9.97 Å². The van der Waals surface area contributed by atoms with Gasteiger partial charge in [-0.1, -0.05) is 11.6 Å². The standard InChI is InChI=1S/C17H17ClN4O2S/c1-10-6-12-16(19-9-20-17(12)25-10)22(2)8-15(23)21-13-7-11(18)4-5-14(13)24-3/h4-7,9H,8H2,1-3H3,(H,21,23). The van der Waals surface area contributed by atoms with Crippen LogP contribution in [-0.2, 0) is 4.79 Å². The molecule has 0 aliphatic rings. The van der Waals surface area contributed by atoms with Crippen molar-refractivity contribution in [3.8, 4) is 5.75 Å². The van der Waals surface area contributed by atoms with Crippen LogP contribution in [0, 0.1) is 6.92 Å². The fourth-order valence-electron chi connectivity index (χ4n) is 2.53. The lowest BCUT2D eigenvalue weighted by Gasteiger charge is -2.19. The van der Waals surface area contributed by atoms with E-state index in [1.807, 2.05) is 20.0 Å². The molecule has 0 saturated carbocycles. The molecule has 3 rings (SSSR count). The molecule has 2 heterocycles. The minimum Gasteiger partial charge on any atom is -0.495 e. The third-order valence-electron chi connectivity index (χ3n) is 3.61. The third-order valence-corrected chi connectivity index (χ3v) is 4.80. The molecule has 6 nitrogen and oxygen atoms in total. The fourth-order valence-corrected chi connectivity index (χ4v) is 3.54. The molecule has 1 N–H and O–H groups in total. The second kappa shape index (κ2) is 7.25. The number of fused-ring (bicyclic) bond motifs is 1. The minimum atomic E-state index is -0.193. The van der Waals surface area contributed by atoms with E-state index in [-0.39, 0.29) is 12.5 Å². The van der Waals surface area contributed by atoms with Gasteiger partial charge in [0.25, 0.3) is 0 Å². The Hall–Kier alpha value is -2.38. The Morgan fingerprint density at radius 2 is 2.16 bits per heavy atom. The second-order valence-electron chi connectivity index (χ2n) is 5.52. The number of hydrogen-bond donors (Lipinski definition) is 1. The molecule has 0 bridgehead atoms. The Labute approximate surface area is 154 Å². The Morgan fingerprint density at radius 1 is 1.36 bits per heavy atom. The lowest BCUT2D eigenvalue weighted by atomic mass is 10.3. The number of ether oxygens (including phenoxy) is 1. The van der Waals surface area contributed by atoms with Crippen LogP contribution in [-0.4, -0.2) is 36.6 Å². The highest BCUT2D eigenvalue weighted by Gasteiger charge is 2.15. The Balaban J connectivity index is 1.77. The lowest BCUT2D eigenvalue weighted by Crippen LogP contribution is -2.30. The summed E-state index contributed by atoms with van der Waals surface area (Å²) in [6, 6.07) is 7.11. The van der Waals surface area contributed by atoms with Crippen LogP contribution in [0.15, 0.2) is 30.6 Å². The number of anilines is 2. The zero-order chi connectivity index (χ0) is 18.0. The zero-order valence-corrected chi connectivity index (χ0v) is 15.6. The quantitative estimate of drug-likeness (QED) is 0.734. The summed E-state index contributed by atoms with van der Waals surface area (Å²) in [5.74, 6) is 1.09. The Kier molecular flexibility index (Phi) is 5.06. The smallest absolute Gasteiger partial charge is 0.244 e. The third kappa shape index (κ3) is 3.83. The molecule has 1 amide bonds. The minimum absolute atomic E-state index is 0.136. The van der Waals surface area contributed by atoms with E-state index >= 15 is 0 Å². The molecule has 0 aliphatic heterocycles. The molecule has 0 atom stereocenters. The highest BCUT2D eigenvalue weighted by Crippen LogP contribution is 2.30. The number of aryl methyl sites for hydroxylation is 1. The number of nitrogens with zero attached hydrogens (tertiary/aromatic N) is 3. The van der Waals surface area contributed by atoms with Gasteiger partial charge >= 0.3 is 0 Å². The van der Waals surface area contributed by atoms with E-state index in [2.05, 4.69) is 15.3 Å². The molecule has 0 spiro atoms. The molecule has 0 aliphatic carbocycles. The number of rotatable bonds is 5. The number of likely N-dealkylation sites (N-methyl/N-ethyl adjacent to an activating group) is 1. The van der Waals surface area contributed by atoms with Crippen LogP contribution in [0.1, 0.15) is 4.88 Å². The summed E-state index contributed by atoms with van der Waals surface area (Å²) in [6.07, 6.45) is 1.52. The number of methoxy groups -OCH3 is 1. The normalized spacial score (nSPS) is 10.7. The zero-order valence-electron chi connectivity index (χ0n) is 14.0. The van der Waals surface area contributed by atoms with E-state index < -0.39 is 0 Å². The van der Waals surface area contributed by atoms with Gasteiger partial charge in [-0.3, -0.25) is 4.79 Å². The van der Waals surface area contributed by atoms with Crippen molar-refractivity contribution in [2.75, 3.05) is 30.9 Å². The van der Waals surface area contributed by atoms with Crippen LogP contribution in [0.3, 0.4) is 0 Å². The average Bonchev–Trinajstić information content (AvgIpc) is 2.94. The van der Waals surface area contributed by atoms with E-state index in [0.29, 0.717) is 16.5 Å². The van der Waals surface area contributed by atoms with Crippen molar-refractivity contribution in [1.29, 1.82) is 0 Å². The van der Waals surface area contributed by atoms with E-state index in [1.165, 1.54) is 6.33 Å². The van der Waals surface area contributed by atoms with Gasteiger partial charge in [-0.05, 0) is 31.2 Å². The second-order valence-corrected chi connectivity index (χ2v) is 7.19. The number of nitrogens with one attached hydrogen (secondary N) is 1. The van der Waals surface area contributed by atoms with E-state index in [1.54, 1.807) is 41.5 Å². The number of amides is 1. The summed E-state index contributed by atoms with van der Waals surface area (Å²) < 4.78 is 5.25. The van der Waals surface area contributed by atoms with Crippen molar-refractivity contribution < 1.29 is 9.53 Å². The fraction of sp³-hybridized carbons (Fsp3) is 0.235. The first-order valence-electron chi connectivity index (χ1n) is 7.53. The van der Waals surface area contributed by atoms with E-state index in [9.17, 15) is 4.79 Å². The predicted molar refractivity (Wildman–Crippen MR) is 102 cm³/mol. The molecule has 1 aromatic carbocycles. The van der Waals surface area contributed by atoms with Crippen LogP contribution in [0.25, 0.3) is 10.2 Å². The maximum atomic E-state index is 12.4. The predicted octanol–water partition coefficient (Wildman–Crippen LogP) is 3.74. The maximum Gasteiger partial charge on any atom is 0.244 e. The number of hydrogen-bond acceptors (Lipinski definition) is 6. The number of carbonyl (C=O) groups is 1. The van der Waals surface area contributed by atoms with Gasteiger partial charge in [0.2, 0.25) is 5.91 Å². The first kappa shape index (κ1) is 17.4. The SMILES string of the molecule is COc1ccc(Cl)cc1NC(=O)CN(C)c1ncnc2sc(C)cc12. The summed E-state index contributed by atoms with van der Waals surface area (Å²) >= 11 is 7.60. The molecule has 2 aromatic heterocycles. The molecule has 3 aromatic rings. The van der Waals surface area contributed by atoms with Crippen LogP contribution in [0.4, 0.5) is 11.5 Å². The molecule has 0 unspecified atom stereocenters. The topological polar surface area (TPSA) is 67.3 Å². The number of benzene rings is 1. The number of aromatic nitrogens is 2. The van der Waals surface area contributed by atoms with Crippen molar-refractivity contribution in [1.82, 2.24) is 9.97 Å². The highest BCUT2D eigenvalue weighted by molar-refractivity contribution is 7.18. The number of halogens is 1. The summed E-state index contributed by atoms with van der Waals surface area (Å²) in [7, 11) is 3.37. The lowest BCUT2D eigenvalue weighted by molar-refractivity contribution is -0.114. The van der Waals surface area contributed by atoms with Crippen LogP contribution >= 0.6 is 22.9 Å². The van der Waals surface area contributed by atoms with Crippen molar-refractivity contribution in [3.05, 3.63) is 40.5 Å². The van der Waals surface area contributed by atoms with Gasteiger partial charge in [-0.2, -0.15) is 0 Å².